The van der Waals surface area contributed by atoms with Gasteiger partial charge in [0.25, 0.3) is 17.7 Å². The van der Waals surface area contributed by atoms with Crippen molar-refractivity contribution in [3.63, 3.8) is 0 Å². The molecule has 2 aliphatic rings. The third kappa shape index (κ3) is 5.26. The van der Waals surface area contributed by atoms with Crippen molar-refractivity contribution in [2.24, 2.45) is 17.8 Å². The number of H-pyrrole nitrogens is 1. The third-order valence-corrected chi connectivity index (χ3v) is 7.45. The Balaban J connectivity index is 1.39. The highest BCUT2D eigenvalue weighted by molar-refractivity contribution is 6.00. The van der Waals surface area contributed by atoms with E-state index in [1.807, 2.05) is 33.8 Å². The predicted octanol–water partition coefficient (Wildman–Crippen LogP) is 4.27. The fourth-order valence-electron chi connectivity index (χ4n) is 5.39. The molecule has 2 saturated carbocycles. The first kappa shape index (κ1) is 25.0. The minimum atomic E-state index is -0.720. The molecule has 2 amide bonds. The number of halogens is 1. The summed E-state index contributed by atoms with van der Waals surface area (Å²) in [4.78, 5) is 33.9. The van der Waals surface area contributed by atoms with Crippen molar-refractivity contribution in [1.82, 2.24) is 20.1 Å². The van der Waals surface area contributed by atoms with Gasteiger partial charge in [0.1, 0.15) is 11.7 Å². The Labute approximate surface area is 216 Å². The summed E-state index contributed by atoms with van der Waals surface area (Å²) < 4.78 is 16.8. The molecule has 0 aromatic carbocycles. The zero-order chi connectivity index (χ0) is 26.3. The quantitative estimate of drug-likeness (QED) is 0.424. The van der Waals surface area contributed by atoms with Crippen LogP contribution in [0.2, 0.25) is 0 Å². The summed E-state index contributed by atoms with van der Waals surface area (Å²) in [5.41, 5.74) is 3.17. The fraction of sp³-hybridized carbons (Fsp3) is 0.464. The summed E-state index contributed by atoms with van der Waals surface area (Å²) >= 11 is 0. The van der Waals surface area contributed by atoms with Crippen LogP contribution in [0.4, 0.5) is 10.2 Å². The third-order valence-electron chi connectivity index (χ3n) is 7.45. The smallest absolute Gasteiger partial charge is 0.330 e. The van der Waals surface area contributed by atoms with E-state index < -0.39 is 12.0 Å². The number of nitrogens with one attached hydrogen (secondary N) is 3. The lowest BCUT2D eigenvalue weighted by molar-refractivity contribution is -0.404. The summed E-state index contributed by atoms with van der Waals surface area (Å²) in [5, 5.41) is 10.1. The topological polar surface area (TPSA) is 103 Å². The molecule has 1 atom stereocenters. The Morgan fingerprint density at radius 1 is 1.05 bits per heavy atom. The van der Waals surface area contributed by atoms with E-state index in [4.69, 9.17) is 0 Å². The molecule has 0 spiro atoms. The van der Waals surface area contributed by atoms with Crippen molar-refractivity contribution in [3.8, 4) is 11.1 Å². The molecule has 0 saturated heterocycles. The molecule has 0 aliphatic heterocycles. The fourth-order valence-corrected chi connectivity index (χ4v) is 5.39. The van der Waals surface area contributed by atoms with Crippen LogP contribution in [-0.4, -0.2) is 32.6 Å². The lowest BCUT2D eigenvalue weighted by Gasteiger charge is -2.25. The molecule has 5 rings (SSSR count). The van der Waals surface area contributed by atoms with Gasteiger partial charge in [-0.05, 0) is 94.9 Å². The van der Waals surface area contributed by atoms with Gasteiger partial charge in [-0.3, -0.25) is 14.5 Å². The van der Waals surface area contributed by atoms with Crippen molar-refractivity contribution >= 4 is 17.6 Å². The predicted molar refractivity (Wildman–Crippen MR) is 137 cm³/mol. The van der Waals surface area contributed by atoms with Gasteiger partial charge in [0.05, 0.1) is 5.56 Å². The Bertz CT molecular complexity index is 1300. The highest BCUT2D eigenvalue weighted by Crippen LogP contribution is 2.51. The van der Waals surface area contributed by atoms with Gasteiger partial charge < -0.3 is 5.32 Å². The van der Waals surface area contributed by atoms with Crippen LogP contribution in [0.1, 0.15) is 67.3 Å². The molecule has 0 bridgehead atoms. The molecule has 0 radical (unpaired) electrons. The number of aromatic nitrogens is 4. The molecule has 3 N–H and O–H groups in total. The van der Waals surface area contributed by atoms with Crippen LogP contribution < -0.4 is 15.6 Å². The molecule has 8 nitrogen and oxygen atoms in total. The summed E-state index contributed by atoms with van der Waals surface area (Å²) in [5.74, 6) is -0.0993. The molecular formula is C28H34FN6O2+. The monoisotopic (exact) mass is 505 g/mol. The number of hydrogen-bond donors (Lipinski definition) is 2. The van der Waals surface area contributed by atoms with Gasteiger partial charge in [-0.15, -0.1) is 0 Å². The molecule has 3 heterocycles. The Morgan fingerprint density at radius 3 is 2.35 bits per heavy atom. The molecule has 9 heteroatoms. The molecule has 2 aliphatic carbocycles. The van der Waals surface area contributed by atoms with Gasteiger partial charge in [0, 0.05) is 35.8 Å². The average Bonchev–Trinajstić information content (AvgIpc) is 3.79. The largest absolute Gasteiger partial charge is 0.337 e. The van der Waals surface area contributed by atoms with Gasteiger partial charge in [-0.1, -0.05) is 0 Å². The highest BCUT2D eigenvalue weighted by Gasteiger charge is 2.49. The van der Waals surface area contributed by atoms with Gasteiger partial charge in [0.15, 0.2) is 0 Å². The number of aromatic amines is 1. The number of carbonyl (C=O) groups excluding carboxylic acids is 2. The van der Waals surface area contributed by atoms with Crippen LogP contribution in [0, 0.1) is 37.5 Å². The molecule has 194 valence electrons. The zero-order valence-corrected chi connectivity index (χ0v) is 21.7. The van der Waals surface area contributed by atoms with E-state index in [9.17, 15) is 9.59 Å². The van der Waals surface area contributed by atoms with E-state index in [1.54, 1.807) is 35.3 Å². The standard InChI is InChI=1S/C28H33FN6O2/c1-15(2)35-21(12-14-31-35)27(36)34-25(24(18-5-6-18)19-7-8-19)28(37)33-22-10-9-20(26(29)32-22)23-16(3)11-13-30-17(23)4/h9-15,18-19,24-25H,5-8H2,1-4H3,(H,34,36)(H,32,33,37)/p+1/t25-/m0/s1. The Hall–Kier alpha value is -3.62. The molecular weight excluding hydrogens is 471 g/mol. The van der Waals surface area contributed by atoms with Crippen LogP contribution >= 0.6 is 0 Å². The lowest BCUT2D eigenvalue weighted by atomic mass is 9.88. The number of aryl methyl sites for hydroxylation is 2. The lowest BCUT2D eigenvalue weighted by Crippen LogP contribution is -2.50. The minimum absolute atomic E-state index is 0.00821. The number of pyridine rings is 2. The first-order chi connectivity index (χ1) is 17.7. The maximum atomic E-state index is 15.2. The van der Waals surface area contributed by atoms with E-state index in [0.717, 1.165) is 42.5 Å². The van der Waals surface area contributed by atoms with Gasteiger partial charge in [-0.25, -0.2) is 15.1 Å². The van der Waals surface area contributed by atoms with Crippen molar-refractivity contribution in [3.05, 3.63) is 59.6 Å². The molecule has 3 aromatic rings. The first-order valence-corrected chi connectivity index (χ1v) is 13.0. The number of carbonyl (C=O) groups is 2. The summed E-state index contributed by atoms with van der Waals surface area (Å²) in [7, 11) is 0. The highest BCUT2D eigenvalue weighted by atomic mass is 19.1. The average molecular weight is 506 g/mol. The van der Waals surface area contributed by atoms with Crippen LogP contribution in [0.5, 0.6) is 0 Å². The number of rotatable bonds is 9. The van der Waals surface area contributed by atoms with E-state index in [-0.39, 0.29) is 29.6 Å². The maximum Gasteiger partial charge on any atom is 0.330 e. The van der Waals surface area contributed by atoms with Crippen LogP contribution in [0.15, 0.2) is 36.7 Å². The zero-order valence-electron chi connectivity index (χ0n) is 21.7. The maximum absolute atomic E-state index is 15.2. The van der Waals surface area contributed by atoms with E-state index in [2.05, 4.69) is 25.7 Å². The molecule has 0 unspecified atom stereocenters. The van der Waals surface area contributed by atoms with Gasteiger partial charge >= 0.3 is 5.91 Å². The van der Waals surface area contributed by atoms with Crippen molar-refractivity contribution in [2.45, 2.75) is 65.5 Å². The van der Waals surface area contributed by atoms with Crippen molar-refractivity contribution in [1.29, 1.82) is 0 Å². The van der Waals surface area contributed by atoms with E-state index in [1.165, 1.54) is 0 Å². The molecule has 3 aromatic heterocycles. The molecule has 2 fully saturated rings. The first-order valence-electron chi connectivity index (χ1n) is 13.0. The second kappa shape index (κ2) is 10.0. The van der Waals surface area contributed by atoms with Crippen LogP contribution in [0.3, 0.4) is 0 Å². The number of anilines is 1. The van der Waals surface area contributed by atoms with Crippen LogP contribution in [0.25, 0.3) is 11.1 Å². The molecule has 37 heavy (non-hydrogen) atoms. The number of amides is 2. The van der Waals surface area contributed by atoms with Crippen molar-refractivity contribution < 1.29 is 19.0 Å². The second-order valence-electron chi connectivity index (χ2n) is 10.6. The Morgan fingerprint density at radius 2 is 1.76 bits per heavy atom. The summed E-state index contributed by atoms with van der Waals surface area (Å²) in [6.45, 7) is 7.65. The van der Waals surface area contributed by atoms with Crippen molar-refractivity contribution in [2.75, 3.05) is 5.32 Å². The number of nitrogens with zero attached hydrogens (tertiary/aromatic N) is 3. The van der Waals surface area contributed by atoms with Gasteiger partial charge in [0.2, 0.25) is 0 Å². The van der Waals surface area contributed by atoms with E-state index in [0.29, 0.717) is 23.1 Å². The number of hydrogen-bond acceptors (Lipinski definition) is 4. The second-order valence-corrected chi connectivity index (χ2v) is 10.6. The SMILES string of the molecule is Cc1ccnc(C)c1-c1ccc(NC(=O)[C@@H](NC(=O)c2ccnn2C(C)C)C(C2CC2)C2CC2)[nH+]c1F. The normalized spacial score (nSPS) is 16.2. The van der Waals surface area contributed by atoms with Crippen LogP contribution in [-0.2, 0) is 4.79 Å². The van der Waals surface area contributed by atoms with E-state index >= 15 is 4.39 Å². The summed E-state index contributed by atoms with van der Waals surface area (Å²) in [6, 6.07) is 6.09. The minimum Gasteiger partial charge on any atom is -0.337 e. The summed E-state index contributed by atoms with van der Waals surface area (Å²) in [6.07, 6.45) is 7.53. The van der Waals surface area contributed by atoms with Gasteiger partial charge in [-0.2, -0.15) is 9.49 Å². The Kier molecular flexibility index (Phi) is 6.79.